The summed E-state index contributed by atoms with van der Waals surface area (Å²) in [6, 6.07) is 4.91. The Morgan fingerprint density at radius 1 is 1.15 bits per heavy atom. The molecule has 0 saturated carbocycles. The average molecular weight is 297 g/mol. The molecule has 2 heterocycles. The first-order valence-electron chi connectivity index (χ1n) is 7.00. The van der Waals surface area contributed by atoms with E-state index in [9.17, 15) is 8.42 Å². The largest absolute Gasteiger partial charge is 0.486 e. The Balaban J connectivity index is 1.94. The molecule has 0 aromatic heterocycles. The maximum atomic E-state index is 12.7. The Hall–Kier alpha value is -1.27. The Bertz CT molecular complexity index is 599. The molecule has 20 heavy (non-hydrogen) atoms. The van der Waals surface area contributed by atoms with Gasteiger partial charge in [-0.05, 0) is 31.9 Å². The lowest BCUT2D eigenvalue weighted by atomic mass is 10.1. The van der Waals surface area contributed by atoms with Crippen LogP contribution < -0.4 is 9.47 Å². The summed E-state index contributed by atoms with van der Waals surface area (Å²) in [6.07, 6.45) is 2.94. The van der Waals surface area contributed by atoms with Crippen molar-refractivity contribution in [3.8, 4) is 11.5 Å². The third kappa shape index (κ3) is 2.38. The number of piperidine rings is 1. The van der Waals surface area contributed by atoms with Gasteiger partial charge in [-0.1, -0.05) is 6.42 Å². The number of fused-ring (bicyclic) bond motifs is 1. The van der Waals surface area contributed by atoms with Gasteiger partial charge in [-0.25, -0.2) is 8.42 Å². The van der Waals surface area contributed by atoms with E-state index in [4.69, 9.17) is 9.47 Å². The molecular formula is C14H19NO4S. The highest BCUT2D eigenvalue weighted by atomic mass is 32.2. The van der Waals surface area contributed by atoms with Crippen LogP contribution in [0.3, 0.4) is 0 Å². The molecule has 1 fully saturated rings. The van der Waals surface area contributed by atoms with Gasteiger partial charge in [0, 0.05) is 18.7 Å². The number of nitrogens with zero attached hydrogens (tertiary/aromatic N) is 1. The van der Waals surface area contributed by atoms with Crippen LogP contribution in [0, 0.1) is 0 Å². The van der Waals surface area contributed by atoms with Crippen LogP contribution in [-0.4, -0.2) is 38.5 Å². The molecule has 0 amide bonds. The van der Waals surface area contributed by atoms with Crippen molar-refractivity contribution >= 4 is 10.0 Å². The van der Waals surface area contributed by atoms with Crippen molar-refractivity contribution in [3.63, 3.8) is 0 Å². The Kier molecular flexibility index (Phi) is 3.60. The minimum Gasteiger partial charge on any atom is -0.486 e. The highest BCUT2D eigenvalue weighted by Crippen LogP contribution is 2.34. The molecule has 2 aliphatic heterocycles. The smallest absolute Gasteiger partial charge is 0.243 e. The molecule has 0 aliphatic carbocycles. The molecule has 2 aliphatic rings. The van der Waals surface area contributed by atoms with Gasteiger partial charge >= 0.3 is 0 Å². The molecule has 1 aromatic rings. The zero-order valence-corrected chi connectivity index (χ0v) is 12.4. The molecule has 0 bridgehead atoms. The molecular weight excluding hydrogens is 278 g/mol. The van der Waals surface area contributed by atoms with E-state index in [1.807, 2.05) is 6.92 Å². The van der Waals surface area contributed by atoms with E-state index in [1.54, 1.807) is 22.5 Å². The molecule has 6 heteroatoms. The van der Waals surface area contributed by atoms with Gasteiger partial charge in [-0.15, -0.1) is 0 Å². The fourth-order valence-electron chi connectivity index (χ4n) is 2.75. The van der Waals surface area contributed by atoms with Gasteiger partial charge in [-0.2, -0.15) is 4.31 Å². The summed E-state index contributed by atoms with van der Waals surface area (Å²) in [6.45, 7) is 3.52. The normalized spacial score (nSPS) is 23.6. The van der Waals surface area contributed by atoms with Crippen molar-refractivity contribution in [3.05, 3.63) is 18.2 Å². The monoisotopic (exact) mass is 297 g/mol. The van der Waals surface area contributed by atoms with E-state index in [-0.39, 0.29) is 10.9 Å². The molecule has 0 radical (unpaired) electrons. The first-order chi connectivity index (χ1) is 9.59. The van der Waals surface area contributed by atoms with Crippen molar-refractivity contribution in [1.29, 1.82) is 0 Å². The summed E-state index contributed by atoms with van der Waals surface area (Å²) in [5.74, 6) is 1.13. The number of rotatable bonds is 2. The highest BCUT2D eigenvalue weighted by Gasteiger charge is 2.31. The van der Waals surface area contributed by atoms with E-state index >= 15 is 0 Å². The van der Waals surface area contributed by atoms with E-state index in [0.717, 1.165) is 19.3 Å². The van der Waals surface area contributed by atoms with Crippen molar-refractivity contribution in [2.24, 2.45) is 0 Å². The molecule has 5 nitrogen and oxygen atoms in total. The summed E-state index contributed by atoms with van der Waals surface area (Å²) in [5.41, 5.74) is 0. The molecule has 1 saturated heterocycles. The minimum absolute atomic E-state index is 0.0574. The standard InChI is InChI=1S/C14H19NO4S/c1-11-4-2-3-7-15(11)20(16,17)12-5-6-13-14(10-12)19-9-8-18-13/h5-6,10-11H,2-4,7-9H2,1H3/t11-/m1/s1. The highest BCUT2D eigenvalue weighted by molar-refractivity contribution is 7.89. The van der Waals surface area contributed by atoms with E-state index in [1.165, 1.54) is 0 Å². The molecule has 0 N–H and O–H groups in total. The zero-order valence-electron chi connectivity index (χ0n) is 11.5. The van der Waals surface area contributed by atoms with Gasteiger partial charge in [0.25, 0.3) is 0 Å². The van der Waals surface area contributed by atoms with Gasteiger partial charge in [0.1, 0.15) is 13.2 Å². The predicted molar refractivity (Wildman–Crippen MR) is 74.6 cm³/mol. The first-order valence-corrected chi connectivity index (χ1v) is 8.44. The predicted octanol–water partition coefficient (Wildman–Crippen LogP) is 2.02. The number of hydrogen-bond acceptors (Lipinski definition) is 4. The van der Waals surface area contributed by atoms with Crippen LogP contribution in [0.1, 0.15) is 26.2 Å². The quantitative estimate of drug-likeness (QED) is 0.838. The van der Waals surface area contributed by atoms with Crippen LogP contribution in [0.5, 0.6) is 11.5 Å². The Morgan fingerprint density at radius 2 is 1.90 bits per heavy atom. The topological polar surface area (TPSA) is 55.8 Å². The van der Waals surface area contributed by atoms with Gasteiger partial charge in [-0.3, -0.25) is 0 Å². The van der Waals surface area contributed by atoms with Gasteiger partial charge in [0.2, 0.25) is 10.0 Å². The molecule has 0 spiro atoms. The fourth-order valence-corrected chi connectivity index (χ4v) is 4.46. The number of hydrogen-bond donors (Lipinski definition) is 0. The summed E-state index contributed by atoms with van der Waals surface area (Å²) >= 11 is 0. The number of sulfonamides is 1. The number of ether oxygens (including phenoxy) is 2. The van der Waals surface area contributed by atoms with Crippen LogP contribution >= 0.6 is 0 Å². The Morgan fingerprint density at radius 3 is 2.65 bits per heavy atom. The maximum Gasteiger partial charge on any atom is 0.243 e. The maximum absolute atomic E-state index is 12.7. The summed E-state index contributed by atoms with van der Waals surface area (Å²) < 4.78 is 37.9. The van der Waals surface area contributed by atoms with E-state index in [0.29, 0.717) is 31.3 Å². The summed E-state index contributed by atoms with van der Waals surface area (Å²) in [4.78, 5) is 0.288. The van der Waals surface area contributed by atoms with E-state index < -0.39 is 10.0 Å². The van der Waals surface area contributed by atoms with Crippen LogP contribution in [0.25, 0.3) is 0 Å². The average Bonchev–Trinajstić information content (AvgIpc) is 2.47. The second kappa shape index (κ2) is 5.26. The molecule has 3 rings (SSSR count). The fraction of sp³-hybridized carbons (Fsp3) is 0.571. The van der Waals surface area contributed by atoms with Crippen LogP contribution in [-0.2, 0) is 10.0 Å². The lowest BCUT2D eigenvalue weighted by molar-refractivity contribution is 0.171. The van der Waals surface area contributed by atoms with Crippen LogP contribution in [0.15, 0.2) is 23.1 Å². The van der Waals surface area contributed by atoms with Crippen molar-refractivity contribution in [1.82, 2.24) is 4.31 Å². The van der Waals surface area contributed by atoms with Crippen LogP contribution in [0.2, 0.25) is 0 Å². The SMILES string of the molecule is C[C@@H]1CCCCN1S(=O)(=O)c1ccc2c(c1)OCCO2. The van der Waals surface area contributed by atoms with E-state index in [2.05, 4.69) is 0 Å². The lowest BCUT2D eigenvalue weighted by Gasteiger charge is -2.32. The third-order valence-corrected chi connectivity index (χ3v) is 5.87. The summed E-state index contributed by atoms with van der Waals surface area (Å²) in [5, 5.41) is 0. The molecule has 0 unspecified atom stereocenters. The third-order valence-electron chi connectivity index (χ3n) is 3.86. The van der Waals surface area contributed by atoms with Crippen LogP contribution in [0.4, 0.5) is 0 Å². The van der Waals surface area contributed by atoms with Crippen molar-refractivity contribution in [2.45, 2.75) is 37.1 Å². The molecule has 1 aromatic carbocycles. The zero-order chi connectivity index (χ0) is 14.2. The molecule has 1 atom stereocenters. The second-order valence-electron chi connectivity index (χ2n) is 5.27. The Labute approximate surface area is 119 Å². The van der Waals surface area contributed by atoms with Gasteiger partial charge in [0.05, 0.1) is 4.90 Å². The first kappa shape index (κ1) is 13.7. The van der Waals surface area contributed by atoms with Crippen molar-refractivity contribution < 1.29 is 17.9 Å². The number of benzene rings is 1. The van der Waals surface area contributed by atoms with Gasteiger partial charge < -0.3 is 9.47 Å². The summed E-state index contributed by atoms with van der Waals surface area (Å²) in [7, 11) is -3.45. The van der Waals surface area contributed by atoms with Gasteiger partial charge in [0.15, 0.2) is 11.5 Å². The van der Waals surface area contributed by atoms with Crippen molar-refractivity contribution in [2.75, 3.05) is 19.8 Å². The second-order valence-corrected chi connectivity index (χ2v) is 7.16. The lowest BCUT2D eigenvalue weighted by Crippen LogP contribution is -2.41. The molecule has 110 valence electrons. The minimum atomic E-state index is -3.45.